The first-order chi connectivity index (χ1) is 17.2. The summed E-state index contributed by atoms with van der Waals surface area (Å²) in [4.78, 5) is 20.6. The lowest BCUT2D eigenvalue weighted by Crippen LogP contribution is -2.36. The number of nitrogens with zero attached hydrogens (tertiary/aromatic N) is 4. The number of anilines is 2. The summed E-state index contributed by atoms with van der Waals surface area (Å²) in [5.74, 6) is -0.386. The van der Waals surface area contributed by atoms with E-state index in [9.17, 15) is 18.4 Å². The average molecular weight is 505 g/mol. The van der Waals surface area contributed by atoms with Gasteiger partial charge in [-0.3, -0.25) is 0 Å². The summed E-state index contributed by atoms with van der Waals surface area (Å²) >= 11 is 0. The van der Waals surface area contributed by atoms with Gasteiger partial charge in [0, 0.05) is 30.9 Å². The highest BCUT2D eigenvalue weighted by Crippen LogP contribution is 2.28. The molecular weight excluding hydrogens is 473 g/mol. The molecule has 4 rings (SSSR count). The van der Waals surface area contributed by atoms with Gasteiger partial charge in [0.15, 0.2) is 0 Å². The third-order valence-electron chi connectivity index (χ3n) is 6.47. The SMILES string of the molecule is N#Cc1cc(-c2ccnc(NC3CCCCC3)c2)nc(N2CCC(CN)CC2)c1.O=C(O)C(F)(F)F. The Morgan fingerprint density at radius 3 is 2.42 bits per heavy atom. The second-order valence-electron chi connectivity index (χ2n) is 9.09. The van der Waals surface area contributed by atoms with Gasteiger partial charge in [-0.05, 0) is 62.4 Å². The molecule has 0 atom stereocenters. The number of carboxylic acid groups (broad SMARTS) is 1. The number of alkyl halides is 3. The van der Waals surface area contributed by atoms with Crippen molar-refractivity contribution in [3.8, 4) is 17.3 Å². The maximum absolute atomic E-state index is 10.6. The van der Waals surface area contributed by atoms with E-state index in [1.165, 1.54) is 32.1 Å². The lowest BCUT2D eigenvalue weighted by Gasteiger charge is -2.32. The summed E-state index contributed by atoms with van der Waals surface area (Å²) in [6, 6.07) is 10.6. The second kappa shape index (κ2) is 12.5. The first kappa shape index (κ1) is 27.2. The zero-order chi connectivity index (χ0) is 26.1. The highest BCUT2D eigenvalue weighted by atomic mass is 19.4. The van der Waals surface area contributed by atoms with Gasteiger partial charge in [0.25, 0.3) is 0 Å². The number of halogens is 3. The molecule has 0 bridgehead atoms. The van der Waals surface area contributed by atoms with Crippen molar-refractivity contribution < 1.29 is 23.1 Å². The van der Waals surface area contributed by atoms with Crippen LogP contribution in [0, 0.1) is 17.2 Å². The van der Waals surface area contributed by atoms with Crippen molar-refractivity contribution in [1.82, 2.24) is 9.97 Å². The monoisotopic (exact) mass is 504 g/mol. The lowest BCUT2D eigenvalue weighted by molar-refractivity contribution is -0.192. The fourth-order valence-corrected chi connectivity index (χ4v) is 4.41. The smallest absolute Gasteiger partial charge is 0.475 e. The van der Waals surface area contributed by atoms with Crippen molar-refractivity contribution in [1.29, 1.82) is 5.26 Å². The summed E-state index contributed by atoms with van der Waals surface area (Å²) in [6.07, 6.45) is 5.22. The molecule has 2 fully saturated rings. The first-order valence-corrected chi connectivity index (χ1v) is 12.1. The van der Waals surface area contributed by atoms with Crippen LogP contribution >= 0.6 is 0 Å². The molecule has 2 aliphatic rings. The predicted octanol–water partition coefficient (Wildman–Crippen LogP) is 4.57. The number of nitrogens with two attached hydrogens (primary N) is 1. The van der Waals surface area contributed by atoms with Gasteiger partial charge in [-0.15, -0.1) is 0 Å². The van der Waals surface area contributed by atoms with Gasteiger partial charge < -0.3 is 21.1 Å². The average Bonchev–Trinajstić information content (AvgIpc) is 2.89. The molecule has 0 unspecified atom stereocenters. The van der Waals surface area contributed by atoms with E-state index in [1.54, 1.807) is 0 Å². The van der Waals surface area contributed by atoms with E-state index >= 15 is 0 Å². The molecule has 36 heavy (non-hydrogen) atoms. The van der Waals surface area contributed by atoms with E-state index in [-0.39, 0.29) is 0 Å². The number of nitrogens with one attached hydrogen (secondary N) is 1. The van der Waals surface area contributed by atoms with E-state index in [1.807, 2.05) is 24.4 Å². The summed E-state index contributed by atoms with van der Waals surface area (Å²) < 4.78 is 31.7. The zero-order valence-corrected chi connectivity index (χ0v) is 20.0. The standard InChI is InChI=1S/C23H30N6.C2HF3O2/c24-15-17-7-10-29(11-8-17)23-13-18(16-25)12-21(28-23)19-6-9-26-22(14-19)27-20-4-2-1-3-5-20;3-2(4,5)1(6)7/h6,9,12-14,17,20H,1-5,7-8,10-11,15,24H2,(H,26,27);(H,6,7). The molecule has 11 heteroatoms. The third-order valence-corrected chi connectivity index (χ3v) is 6.47. The number of piperidine rings is 1. The molecule has 0 spiro atoms. The van der Waals surface area contributed by atoms with Crippen LogP contribution in [0.25, 0.3) is 11.3 Å². The van der Waals surface area contributed by atoms with Crippen molar-refractivity contribution in [2.24, 2.45) is 11.7 Å². The maximum Gasteiger partial charge on any atom is 0.490 e. The van der Waals surface area contributed by atoms with Gasteiger partial charge in [-0.25, -0.2) is 14.8 Å². The van der Waals surface area contributed by atoms with Crippen molar-refractivity contribution in [3.63, 3.8) is 0 Å². The topological polar surface area (TPSA) is 128 Å². The predicted molar refractivity (Wildman–Crippen MR) is 130 cm³/mol. The molecule has 8 nitrogen and oxygen atoms in total. The van der Waals surface area contributed by atoms with Gasteiger partial charge in [0.05, 0.1) is 17.3 Å². The van der Waals surface area contributed by atoms with Crippen LogP contribution in [-0.4, -0.2) is 52.9 Å². The van der Waals surface area contributed by atoms with Crippen LogP contribution in [0.5, 0.6) is 0 Å². The molecule has 0 amide bonds. The first-order valence-electron chi connectivity index (χ1n) is 12.1. The Hall–Kier alpha value is -3.39. The van der Waals surface area contributed by atoms with Crippen LogP contribution in [0.3, 0.4) is 0 Å². The van der Waals surface area contributed by atoms with Crippen molar-refractivity contribution >= 4 is 17.6 Å². The Labute approximate surface area is 208 Å². The van der Waals surface area contributed by atoms with E-state index in [4.69, 9.17) is 20.6 Å². The molecule has 2 aromatic heterocycles. The third kappa shape index (κ3) is 7.81. The molecule has 3 heterocycles. The Bertz CT molecular complexity index is 1060. The quantitative estimate of drug-likeness (QED) is 0.540. The van der Waals surface area contributed by atoms with Crippen molar-refractivity contribution in [2.45, 2.75) is 57.2 Å². The molecule has 0 radical (unpaired) electrons. The summed E-state index contributed by atoms with van der Waals surface area (Å²) in [5, 5.41) is 20.3. The molecule has 4 N–H and O–H groups in total. The van der Waals surface area contributed by atoms with Crippen LogP contribution in [0.1, 0.15) is 50.5 Å². The summed E-state index contributed by atoms with van der Waals surface area (Å²) in [7, 11) is 0. The number of aliphatic carboxylic acids is 1. The van der Waals surface area contributed by atoms with Crippen LogP contribution in [0.2, 0.25) is 0 Å². The number of pyridine rings is 2. The normalized spacial score (nSPS) is 17.0. The van der Waals surface area contributed by atoms with Crippen LogP contribution in [0.4, 0.5) is 24.8 Å². The number of carbonyl (C=O) groups is 1. The minimum Gasteiger partial charge on any atom is -0.475 e. The Kier molecular flexibility index (Phi) is 9.47. The number of hydrogen-bond donors (Lipinski definition) is 3. The van der Waals surface area contributed by atoms with Gasteiger partial charge in [0.1, 0.15) is 11.6 Å². The molecular formula is C25H31F3N6O2. The van der Waals surface area contributed by atoms with Crippen LogP contribution < -0.4 is 16.0 Å². The molecule has 2 aromatic rings. The van der Waals surface area contributed by atoms with Crippen molar-refractivity contribution in [3.05, 3.63) is 36.0 Å². The number of aromatic nitrogens is 2. The minimum absolute atomic E-state index is 0.504. The molecule has 1 aliphatic carbocycles. The molecule has 1 aliphatic heterocycles. The van der Waals surface area contributed by atoms with Gasteiger partial charge in [0.2, 0.25) is 0 Å². The largest absolute Gasteiger partial charge is 0.490 e. The van der Waals surface area contributed by atoms with E-state index < -0.39 is 12.1 Å². The Balaban J connectivity index is 0.000000454. The minimum atomic E-state index is -5.08. The zero-order valence-electron chi connectivity index (χ0n) is 20.0. The summed E-state index contributed by atoms with van der Waals surface area (Å²) in [6.45, 7) is 2.63. The molecule has 1 saturated heterocycles. The van der Waals surface area contributed by atoms with E-state index in [0.29, 0.717) is 17.5 Å². The van der Waals surface area contributed by atoms with Crippen LogP contribution in [-0.2, 0) is 4.79 Å². The fourth-order valence-electron chi connectivity index (χ4n) is 4.41. The highest BCUT2D eigenvalue weighted by molar-refractivity contribution is 5.73. The van der Waals surface area contributed by atoms with Crippen LogP contribution in [0.15, 0.2) is 30.5 Å². The van der Waals surface area contributed by atoms with E-state index in [2.05, 4.69) is 27.3 Å². The summed E-state index contributed by atoms with van der Waals surface area (Å²) in [5.41, 5.74) is 8.29. The number of nitriles is 1. The number of carboxylic acids is 1. The van der Waals surface area contributed by atoms with E-state index in [0.717, 1.165) is 55.4 Å². The lowest BCUT2D eigenvalue weighted by atomic mass is 9.95. The number of rotatable bonds is 5. The maximum atomic E-state index is 10.6. The van der Waals surface area contributed by atoms with Gasteiger partial charge >= 0.3 is 12.1 Å². The molecule has 1 saturated carbocycles. The molecule has 0 aromatic carbocycles. The number of hydrogen-bond acceptors (Lipinski definition) is 7. The van der Waals surface area contributed by atoms with Gasteiger partial charge in [-0.2, -0.15) is 18.4 Å². The Morgan fingerprint density at radius 2 is 1.83 bits per heavy atom. The van der Waals surface area contributed by atoms with Gasteiger partial charge in [-0.1, -0.05) is 19.3 Å². The molecule has 194 valence electrons. The highest BCUT2D eigenvalue weighted by Gasteiger charge is 2.38. The van der Waals surface area contributed by atoms with Crippen molar-refractivity contribution in [2.75, 3.05) is 29.9 Å². The Morgan fingerprint density at radius 1 is 1.17 bits per heavy atom. The second-order valence-corrected chi connectivity index (χ2v) is 9.09. The fraction of sp³-hybridized carbons (Fsp3) is 0.520.